The van der Waals surface area contributed by atoms with Crippen molar-refractivity contribution in [2.45, 2.75) is 19.4 Å². The molecule has 0 saturated carbocycles. The van der Waals surface area contributed by atoms with Crippen LogP contribution in [0.2, 0.25) is 0 Å². The molecule has 6 heteroatoms. The summed E-state index contributed by atoms with van der Waals surface area (Å²) < 4.78 is 10.6. The van der Waals surface area contributed by atoms with E-state index in [1.807, 2.05) is 14.0 Å². The van der Waals surface area contributed by atoms with Crippen molar-refractivity contribution in [3.63, 3.8) is 0 Å². The lowest BCUT2D eigenvalue weighted by atomic mass is 10.2. The number of nitrogens with one attached hydrogen (secondary N) is 1. The number of phenols is 1. The van der Waals surface area contributed by atoms with Gasteiger partial charge in [-0.05, 0) is 31.7 Å². The first kappa shape index (κ1) is 13.4. The van der Waals surface area contributed by atoms with Gasteiger partial charge >= 0.3 is 0 Å². The fourth-order valence-electron chi connectivity index (χ4n) is 1.82. The van der Waals surface area contributed by atoms with Crippen molar-refractivity contribution in [2.24, 2.45) is 0 Å². The highest BCUT2D eigenvalue weighted by atomic mass is 16.5. The molecule has 1 aromatic carbocycles. The normalized spacial score (nSPS) is 12.4. The van der Waals surface area contributed by atoms with Crippen molar-refractivity contribution in [1.82, 2.24) is 15.5 Å². The molecule has 102 valence electrons. The Morgan fingerprint density at radius 2 is 2.21 bits per heavy atom. The standard InChI is InChI=1S/C13H17N3O3/c1-4-9(14-2)13-16-15-12(19-13)8-5-6-11(18-3)10(17)7-8/h5-7,9,14,17H,4H2,1-3H3. The van der Waals surface area contributed by atoms with Gasteiger partial charge < -0.3 is 19.6 Å². The van der Waals surface area contributed by atoms with E-state index < -0.39 is 0 Å². The molecule has 0 aliphatic rings. The third-order valence-corrected chi connectivity index (χ3v) is 2.92. The summed E-state index contributed by atoms with van der Waals surface area (Å²) in [5, 5.41) is 20.8. The van der Waals surface area contributed by atoms with Gasteiger partial charge in [0.05, 0.1) is 13.2 Å². The van der Waals surface area contributed by atoms with Crippen LogP contribution in [0.5, 0.6) is 11.5 Å². The summed E-state index contributed by atoms with van der Waals surface area (Å²) in [6.07, 6.45) is 0.853. The van der Waals surface area contributed by atoms with Crippen molar-refractivity contribution in [3.8, 4) is 23.0 Å². The highest BCUT2D eigenvalue weighted by Crippen LogP contribution is 2.31. The Hall–Kier alpha value is -2.08. The van der Waals surface area contributed by atoms with E-state index in [9.17, 15) is 5.11 Å². The molecule has 19 heavy (non-hydrogen) atoms. The summed E-state index contributed by atoms with van der Waals surface area (Å²) in [5.74, 6) is 1.36. The lowest BCUT2D eigenvalue weighted by molar-refractivity contribution is 0.373. The molecular weight excluding hydrogens is 246 g/mol. The number of nitrogens with zero attached hydrogens (tertiary/aromatic N) is 2. The topological polar surface area (TPSA) is 80.4 Å². The molecule has 0 amide bonds. The summed E-state index contributed by atoms with van der Waals surface area (Å²) in [6, 6.07) is 4.99. The van der Waals surface area contributed by atoms with Crippen molar-refractivity contribution < 1.29 is 14.3 Å². The maximum absolute atomic E-state index is 9.73. The molecule has 0 radical (unpaired) electrons. The third kappa shape index (κ3) is 2.68. The van der Waals surface area contributed by atoms with Crippen LogP contribution in [0.3, 0.4) is 0 Å². The molecule has 1 heterocycles. The van der Waals surface area contributed by atoms with Crippen molar-refractivity contribution >= 4 is 0 Å². The number of hydrogen-bond acceptors (Lipinski definition) is 6. The van der Waals surface area contributed by atoms with Gasteiger partial charge in [-0.25, -0.2) is 0 Å². The van der Waals surface area contributed by atoms with Gasteiger partial charge in [-0.2, -0.15) is 0 Å². The van der Waals surface area contributed by atoms with E-state index in [2.05, 4.69) is 15.5 Å². The number of methoxy groups -OCH3 is 1. The molecular formula is C13H17N3O3. The van der Waals surface area contributed by atoms with E-state index in [-0.39, 0.29) is 11.8 Å². The van der Waals surface area contributed by atoms with E-state index in [0.29, 0.717) is 23.1 Å². The summed E-state index contributed by atoms with van der Waals surface area (Å²) >= 11 is 0. The van der Waals surface area contributed by atoms with E-state index in [4.69, 9.17) is 9.15 Å². The van der Waals surface area contributed by atoms with Crippen LogP contribution in [-0.2, 0) is 0 Å². The molecule has 2 N–H and O–H groups in total. The Kier molecular flexibility index (Phi) is 4.01. The van der Waals surface area contributed by atoms with E-state index in [1.54, 1.807) is 12.1 Å². The molecule has 2 rings (SSSR count). The minimum absolute atomic E-state index is 0.0353. The van der Waals surface area contributed by atoms with Crippen LogP contribution in [-0.4, -0.2) is 29.5 Å². The van der Waals surface area contributed by atoms with Crippen LogP contribution >= 0.6 is 0 Å². The number of aromatic hydroxyl groups is 1. The number of aromatic nitrogens is 2. The van der Waals surface area contributed by atoms with Crippen LogP contribution in [0.4, 0.5) is 0 Å². The molecule has 0 aliphatic carbocycles. The van der Waals surface area contributed by atoms with E-state index >= 15 is 0 Å². The highest BCUT2D eigenvalue weighted by molar-refractivity contribution is 5.59. The number of ether oxygens (including phenoxy) is 1. The predicted molar refractivity (Wildman–Crippen MR) is 70.0 cm³/mol. The Bertz CT molecular complexity index is 550. The van der Waals surface area contributed by atoms with Crippen molar-refractivity contribution in [1.29, 1.82) is 0 Å². The number of hydrogen-bond donors (Lipinski definition) is 2. The van der Waals surface area contributed by atoms with Gasteiger partial charge in [0.15, 0.2) is 11.5 Å². The number of rotatable bonds is 5. The maximum Gasteiger partial charge on any atom is 0.247 e. The monoisotopic (exact) mass is 263 g/mol. The number of benzene rings is 1. The van der Waals surface area contributed by atoms with E-state index in [1.165, 1.54) is 13.2 Å². The lowest BCUT2D eigenvalue weighted by Gasteiger charge is -2.07. The van der Waals surface area contributed by atoms with Gasteiger partial charge in [0.25, 0.3) is 0 Å². The number of phenolic OH excluding ortho intramolecular Hbond substituents is 1. The molecule has 1 aromatic heterocycles. The minimum atomic E-state index is 0.0353. The zero-order chi connectivity index (χ0) is 13.8. The average Bonchev–Trinajstić information content (AvgIpc) is 2.90. The molecule has 0 saturated heterocycles. The Morgan fingerprint density at radius 3 is 2.79 bits per heavy atom. The fraction of sp³-hybridized carbons (Fsp3) is 0.385. The van der Waals surface area contributed by atoms with Crippen LogP contribution < -0.4 is 10.1 Å². The second kappa shape index (κ2) is 5.71. The van der Waals surface area contributed by atoms with Crippen LogP contribution in [0, 0.1) is 0 Å². The predicted octanol–water partition coefficient (Wildman–Crippen LogP) is 2.12. The van der Waals surface area contributed by atoms with Gasteiger partial charge in [-0.15, -0.1) is 10.2 Å². The Labute approximate surface area is 111 Å². The second-order valence-electron chi connectivity index (χ2n) is 4.08. The first-order chi connectivity index (χ1) is 9.19. The summed E-state index contributed by atoms with van der Waals surface area (Å²) in [5.41, 5.74) is 0.656. The molecule has 0 aliphatic heterocycles. The quantitative estimate of drug-likeness (QED) is 0.860. The SMILES string of the molecule is CCC(NC)c1nnc(-c2ccc(OC)c(O)c2)o1. The largest absolute Gasteiger partial charge is 0.504 e. The van der Waals surface area contributed by atoms with Crippen molar-refractivity contribution in [3.05, 3.63) is 24.1 Å². The van der Waals surface area contributed by atoms with Gasteiger partial charge in [0, 0.05) is 5.56 Å². The first-order valence-corrected chi connectivity index (χ1v) is 6.07. The molecule has 0 fully saturated rings. The van der Waals surface area contributed by atoms with Gasteiger partial charge in [-0.3, -0.25) is 0 Å². The van der Waals surface area contributed by atoms with Gasteiger partial charge in [0.2, 0.25) is 11.8 Å². The van der Waals surface area contributed by atoms with Crippen molar-refractivity contribution in [2.75, 3.05) is 14.2 Å². The third-order valence-electron chi connectivity index (χ3n) is 2.92. The first-order valence-electron chi connectivity index (χ1n) is 6.07. The zero-order valence-electron chi connectivity index (χ0n) is 11.2. The van der Waals surface area contributed by atoms with Crippen LogP contribution in [0.15, 0.2) is 22.6 Å². The van der Waals surface area contributed by atoms with E-state index in [0.717, 1.165) is 6.42 Å². The molecule has 1 unspecified atom stereocenters. The van der Waals surface area contributed by atoms with Gasteiger partial charge in [0.1, 0.15) is 0 Å². The summed E-state index contributed by atoms with van der Waals surface area (Å²) in [4.78, 5) is 0. The summed E-state index contributed by atoms with van der Waals surface area (Å²) in [6.45, 7) is 2.03. The minimum Gasteiger partial charge on any atom is -0.504 e. The summed E-state index contributed by atoms with van der Waals surface area (Å²) in [7, 11) is 3.34. The second-order valence-corrected chi connectivity index (χ2v) is 4.08. The zero-order valence-corrected chi connectivity index (χ0v) is 11.2. The molecule has 0 spiro atoms. The fourth-order valence-corrected chi connectivity index (χ4v) is 1.82. The van der Waals surface area contributed by atoms with Gasteiger partial charge in [-0.1, -0.05) is 6.92 Å². The van der Waals surface area contributed by atoms with Crippen LogP contribution in [0.25, 0.3) is 11.5 Å². The molecule has 0 bridgehead atoms. The Balaban J connectivity index is 2.30. The maximum atomic E-state index is 9.73. The average molecular weight is 263 g/mol. The Morgan fingerprint density at radius 1 is 1.42 bits per heavy atom. The smallest absolute Gasteiger partial charge is 0.247 e. The lowest BCUT2D eigenvalue weighted by Crippen LogP contribution is -2.15. The molecule has 1 atom stereocenters. The highest BCUT2D eigenvalue weighted by Gasteiger charge is 2.16. The molecule has 2 aromatic rings. The molecule has 6 nitrogen and oxygen atoms in total. The van der Waals surface area contributed by atoms with Crippen LogP contribution in [0.1, 0.15) is 25.3 Å².